The molecule has 80 valence electrons. The van der Waals surface area contributed by atoms with Crippen molar-refractivity contribution in [3.05, 3.63) is 29.3 Å². The van der Waals surface area contributed by atoms with Gasteiger partial charge in [-0.2, -0.15) is 0 Å². The van der Waals surface area contributed by atoms with E-state index in [0.717, 1.165) is 16.3 Å². The van der Waals surface area contributed by atoms with Crippen LogP contribution in [0.4, 0.5) is 0 Å². The monoisotopic (exact) mass is 239 g/mol. The predicted octanol–water partition coefficient (Wildman–Crippen LogP) is 2.91. The maximum Gasteiger partial charge on any atom is 0.104 e. The summed E-state index contributed by atoms with van der Waals surface area (Å²) in [5.74, 6) is 0.890. The van der Waals surface area contributed by atoms with Crippen molar-refractivity contribution in [1.29, 1.82) is 0 Å². The van der Waals surface area contributed by atoms with Gasteiger partial charge in [0.05, 0.1) is 16.8 Å². The highest BCUT2D eigenvalue weighted by Crippen LogP contribution is 2.26. The lowest BCUT2D eigenvalue weighted by Gasteiger charge is -2.04. The quantitative estimate of drug-likeness (QED) is 0.890. The number of thioether (sulfide) groups is 1. The molecule has 0 saturated heterocycles. The van der Waals surface area contributed by atoms with Crippen molar-refractivity contribution < 1.29 is 5.11 Å². The Morgan fingerprint density at radius 2 is 2.27 bits per heavy atom. The average Bonchev–Trinajstić information content (AvgIpc) is 2.68. The van der Waals surface area contributed by atoms with Gasteiger partial charge >= 0.3 is 0 Å². The summed E-state index contributed by atoms with van der Waals surface area (Å²) in [7, 11) is 0. The minimum absolute atomic E-state index is 0.232. The summed E-state index contributed by atoms with van der Waals surface area (Å²) >= 11 is 3.48. The summed E-state index contributed by atoms with van der Waals surface area (Å²) in [5.41, 5.74) is 1.08. The number of hydrogen-bond acceptors (Lipinski definition) is 4. The number of benzene rings is 1. The molecular formula is C11H13NOS2. The number of thiazole rings is 1. The van der Waals surface area contributed by atoms with Gasteiger partial charge in [0.25, 0.3) is 0 Å². The van der Waals surface area contributed by atoms with Crippen LogP contribution in [0.3, 0.4) is 0 Å². The van der Waals surface area contributed by atoms with Crippen LogP contribution in [0.2, 0.25) is 0 Å². The molecule has 1 aromatic carbocycles. The lowest BCUT2D eigenvalue weighted by molar-refractivity contribution is 0.300. The van der Waals surface area contributed by atoms with E-state index in [1.54, 1.807) is 23.1 Å². The van der Waals surface area contributed by atoms with Crippen molar-refractivity contribution in [2.24, 2.45) is 0 Å². The van der Waals surface area contributed by atoms with Gasteiger partial charge in [-0.1, -0.05) is 19.1 Å². The normalized spacial score (nSPS) is 13.2. The first-order valence-electron chi connectivity index (χ1n) is 4.86. The van der Waals surface area contributed by atoms with Crippen molar-refractivity contribution in [1.82, 2.24) is 4.98 Å². The Hall–Kier alpha value is -0.580. The summed E-state index contributed by atoms with van der Waals surface area (Å²) in [5, 5.41) is 10.3. The highest BCUT2D eigenvalue weighted by atomic mass is 32.2. The molecule has 0 bridgehead atoms. The Labute approximate surface area is 97.4 Å². The molecule has 0 aliphatic carbocycles. The standard InChI is InChI=1S/C11H13NOS2/c1-8(6-13)14-7-11-12-9-4-2-3-5-10(9)15-11/h2-5,8,13H,6-7H2,1H3. The fourth-order valence-electron chi connectivity index (χ4n) is 1.25. The molecule has 0 spiro atoms. The lowest BCUT2D eigenvalue weighted by Crippen LogP contribution is -2.01. The van der Waals surface area contributed by atoms with Crippen molar-refractivity contribution >= 4 is 33.3 Å². The van der Waals surface area contributed by atoms with Crippen LogP contribution in [0, 0.1) is 0 Å². The smallest absolute Gasteiger partial charge is 0.104 e. The van der Waals surface area contributed by atoms with E-state index in [-0.39, 0.29) is 11.9 Å². The van der Waals surface area contributed by atoms with E-state index in [9.17, 15) is 0 Å². The van der Waals surface area contributed by atoms with Crippen molar-refractivity contribution in [2.75, 3.05) is 6.61 Å². The van der Waals surface area contributed by atoms with Crippen LogP contribution in [-0.4, -0.2) is 21.9 Å². The Bertz CT molecular complexity index is 408. The molecule has 0 fully saturated rings. The minimum atomic E-state index is 0.232. The highest BCUT2D eigenvalue weighted by molar-refractivity contribution is 7.99. The SMILES string of the molecule is CC(CO)SCc1nc2ccccc2s1. The second-order valence-corrected chi connectivity index (χ2v) is 5.92. The third-order valence-electron chi connectivity index (χ3n) is 2.09. The van der Waals surface area contributed by atoms with E-state index >= 15 is 0 Å². The van der Waals surface area contributed by atoms with E-state index in [4.69, 9.17) is 5.11 Å². The molecule has 2 aromatic rings. The molecule has 1 heterocycles. The Balaban J connectivity index is 2.09. The van der Waals surface area contributed by atoms with Gasteiger partial charge in [-0.05, 0) is 12.1 Å². The molecule has 1 N–H and O–H groups in total. The highest BCUT2D eigenvalue weighted by Gasteiger charge is 2.05. The van der Waals surface area contributed by atoms with Crippen LogP contribution in [-0.2, 0) is 5.75 Å². The summed E-state index contributed by atoms with van der Waals surface area (Å²) < 4.78 is 1.24. The van der Waals surface area contributed by atoms with E-state index in [1.165, 1.54) is 4.70 Å². The van der Waals surface area contributed by atoms with Crippen molar-refractivity contribution in [2.45, 2.75) is 17.9 Å². The van der Waals surface area contributed by atoms with Gasteiger partial charge < -0.3 is 5.11 Å². The van der Waals surface area contributed by atoms with Crippen molar-refractivity contribution in [3.8, 4) is 0 Å². The molecule has 0 aliphatic rings. The van der Waals surface area contributed by atoms with Gasteiger partial charge in [0, 0.05) is 11.0 Å². The molecule has 2 nitrogen and oxygen atoms in total. The molecule has 0 amide bonds. The first-order valence-corrected chi connectivity index (χ1v) is 6.73. The van der Waals surface area contributed by atoms with Crippen LogP contribution in [0.1, 0.15) is 11.9 Å². The van der Waals surface area contributed by atoms with Crippen LogP contribution in [0.5, 0.6) is 0 Å². The summed E-state index contributed by atoms with van der Waals surface area (Å²) in [6.07, 6.45) is 0. The van der Waals surface area contributed by atoms with Gasteiger partial charge in [-0.15, -0.1) is 23.1 Å². The van der Waals surface area contributed by atoms with Gasteiger partial charge in [-0.25, -0.2) is 4.98 Å². The van der Waals surface area contributed by atoms with Gasteiger partial charge in [0.1, 0.15) is 5.01 Å². The summed E-state index contributed by atoms with van der Waals surface area (Å²) in [6, 6.07) is 8.18. The Kier molecular flexibility index (Phi) is 3.61. The number of aliphatic hydroxyl groups is 1. The van der Waals surface area contributed by atoms with Gasteiger partial charge in [0.2, 0.25) is 0 Å². The van der Waals surface area contributed by atoms with E-state index in [2.05, 4.69) is 11.1 Å². The zero-order chi connectivity index (χ0) is 10.7. The van der Waals surface area contributed by atoms with Gasteiger partial charge in [-0.3, -0.25) is 0 Å². The average molecular weight is 239 g/mol. The minimum Gasteiger partial charge on any atom is -0.395 e. The molecule has 1 unspecified atom stereocenters. The second kappa shape index (κ2) is 4.96. The number of aliphatic hydroxyl groups excluding tert-OH is 1. The third kappa shape index (κ3) is 2.71. The van der Waals surface area contributed by atoms with Crippen LogP contribution < -0.4 is 0 Å². The number of fused-ring (bicyclic) bond motifs is 1. The number of nitrogens with zero attached hydrogens (tertiary/aromatic N) is 1. The van der Waals surface area contributed by atoms with E-state index in [1.807, 2.05) is 25.1 Å². The molecule has 0 radical (unpaired) electrons. The van der Waals surface area contributed by atoms with Crippen LogP contribution >= 0.6 is 23.1 Å². The van der Waals surface area contributed by atoms with Crippen LogP contribution in [0.15, 0.2) is 24.3 Å². The fourth-order valence-corrected chi connectivity index (χ4v) is 3.05. The number of hydrogen-bond donors (Lipinski definition) is 1. The molecule has 1 atom stereocenters. The summed E-state index contributed by atoms with van der Waals surface area (Å²) in [4.78, 5) is 4.54. The second-order valence-electron chi connectivity index (χ2n) is 3.38. The van der Waals surface area contributed by atoms with Crippen LogP contribution in [0.25, 0.3) is 10.2 Å². The molecular weight excluding hydrogens is 226 g/mol. The topological polar surface area (TPSA) is 33.1 Å². The number of rotatable bonds is 4. The molecule has 1 aromatic heterocycles. The zero-order valence-corrected chi connectivity index (χ0v) is 10.1. The first-order chi connectivity index (χ1) is 7.29. The zero-order valence-electron chi connectivity index (χ0n) is 8.51. The van der Waals surface area contributed by atoms with E-state index < -0.39 is 0 Å². The molecule has 15 heavy (non-hydrogen) atoms. The molecule has 4 heteroatoms. The largest absolute Gasteiger partial charge is 0.395 e. The Morgan fingerprint density at radius 3 is 3.00 bits per heavy atom. The predicted molar refractivity (Wildman–Crippen MR) is 67.5 cm³/mol. The summed E-state index contributed by atoms with van der Waals surface area (Å²) in [6.45, 7) is 2.26. The third-order valence-corrected chi connectivity index (χ3v) is 4.46. The molecule has 0 saturated carbocycles. The maximum absolute atomic E-state index is 8.91. The Morgan fingerprint density at radius 1 is 1.47 bits per heavy atom. The molecule has 0 aliphatic heterocycles. The first kappa shape index (κ1) is 10.9. The fraction of sp³-hybridized carbons (Fsp3) is 0.364. The maximum atomic E-state index is 8.91. The van der Waals surface area contributed by atoms with Gasteiger partial charge in [0.15, 0.2) is 0 Å². The number of aromatic nitrogens is 1. The van der Waals surface area contributed by atoms with E-state index in [0.29, 0.717) is 0 Å². The van der Waals surface area contributed by atoms with Crippen molar-refractivity contribution in [3.63, 3.8) is 0 Å². The number of para-hydroxylation sites is 1. The molecule has 2 rings (SSSR count). The lowest BCUT2D eigenvalue weighted by atomic mass is 10.3.